The minimum Gasteiger partial charge on any atom is -0.368 e. The lowest BCUT2D eigenvalue weighted by atomic mass is 10.1. The molecule has 5 nitrogen and oxygen atoms in total. The lowest BCUT2D eigenvalue weighted by Crippen LogP contribution is -2.39. The molecule has 0 saturated carbocycles. The van der Waals surface area contributed by atoms with Crippen molar-refractivity contribution in [2.75, 3.05) is 11.9 Å². The summed E-state index contributed by atoms with van der Waals surface area (Å²) < 4.78 is 13.0. The molecule has 0 aliphatic carbocycles. The summed E-state index contributed by atoms with van der Waals surface area (Å²) in [5.41, 5.74) is 8.70. The van der Waals surface area contributed by atoms with Crippen LogP contribution in [0.3, 0.4) is 0 Å². The third-order valence-electron chi connectivity index (χ3n) is 4.92. The summed E-state index contributed by atoms with van der Waals surface area (Å²) in [5, 5.41) is 2.85. The molecule has 2 aromatic rings. The minimum absolute atomic E-state index is 0.223. The van der Waals surface area contributed by atoms with E-state index in [9.17, 15) is 14.0 Å². The lowest BCUT2D eigenvalue weighted by molar-refractivity contribution is -0.122. The van der Waals surface area contributed by atoms with Gasteiger partial charge < -0.3 is 11.1 Å². The van der Waals surface area contributed by atoms with E-state index in [4.69, 9.17) is 5.73 Å². The lowest BCUT2D eigenvalue weighted by Gasteiger charge is -2.22. The second kappa shape index (κ2) is 8.80. The van der Waals surface area contributed by atoms with E-state index in [0.29, 0.717) is 12.2 Å². The third kappa shape index (κ3) is 5.04. The highest BCUT2D eigenvalue weighted by Gasteiger charge is 2.28. The number of carbonyl (C=O) groups excluding carboxylic acids is 2. The van der Waals surface area contributed by atoms with Crippen LogP contribution in [0.25, 0.3) is 5.57 Å². The highest BCUT2D eigenvalue weighted by atomic mass is 19.1. The van der Waals surface area contributed by atoms with Crippen molar-refractivity contribution in [3.8, 4) is 0 Å². The number of carbonyl (C=O) groups is 2. The number of halogens is 1. The average molecular weight is 381 g/mol. The summed E-state index contributed by atoms with van der Waals surface area (Å²) in [4.78, 5) is 25.9. The number of nitrogens with two attached hydrogens (primary N) is 1. The highest BCUT2D eigenvalue weighted by Crippen LogP contribution is 2.21. The number of benzene rings is 2. The van der Waals surface area contributed by atoms with Crippen molar-refractivity contribution in [1.29, 1.82) is 0 Å². The maximum Gasteiger partial charge on any atom is 0.248 e. The number of nitrogens with one attached hydrogen (secondary N) is 1. The minimum atomic E-state index is -0.311. The van der Waals surface area contributed by atoms with Crippen molar-refractivity contribution in [1.82, 2.24) is 4.90 Å². The molecule has 2 amide bonds. The molecule has 28 heavy (non-hydrogen) atoms. The van der Waals surface area contributed by atoms with E-state index < -0.39 is 0 Å². The van der Waals surface area contributed by atoms with Gasteiger partial charge in [0.15, 0.2) is 0 Å². The van der Waals surface area contributed by atoms with E-state index in [2.05, 4.69) is 10.2 Å². The Labute approximate surface area is 164 Å². The van der Waals surface area contributed by atoms with E-state index in [-0.39, 0.29) is 23.7 Å². The fraction of sp³-hybridized carbons (Fsp3) is 0.273. The smallest absolute Gasteiger partial charge is 0.248 e. The molecule has 1 aliphatic rings. The van der Waals surface area contributed by atoms with Gasteiger partial charge in [-0.25, -0.2) is 4.39 Å². The zero-order valence-electron chi connectivity index (χ0n) is 15.8. The zero-order valence-corrected chi connectivity index (χ0v) is 15.8. The van der Waals surface area contributed by atoms with Crippen LogP contribution in [0, 0.1) is 5.82 Å². The van der Waals surface area contributed by atoms with E-state index in [1.165, 1.54) is 18.2 Å². The number of nitrogens with zero attached hydrogens (tertiary/aromatic N) is 1. The van der Waals surface area contributed by atoms with Crippen LogP contribution in [0.5, 0.6) is 0 Å². The number of hydrogen-bond donors (Lipinski definition) is 2. The molecule has 146 valence electrons. The Bertz CT molecular complexity index is 893. The zero-order chi connectivity index (χ0) is 20.1. The first-order valence-electron chi connectivity index (χ1n) is 9.30. The molecule has 1 atom stereocenters. The second-order valence-corrected chi connectivity index (χ2v) is 7.05. The quantitative estimate of drug-likeness (QED) is 0.754. The number of amides is 2. The van der Waals surface area contributed by atoms with E-state index >= 15 is 0 Å². The van der Waals surface area contributed by atoms with Gasteiger partial charge in [0.25, 0.3) is 0 Å². The molecule has 1 saturated heterocycles. The molecule has 1 unspecified atom stereocenters. The number of allylic oxidation sites excluding steroid dienone is 1. The van der Waals surface area contributed by atoms with E-state index in [1.54, 1.807) is 19.1 Å². The average Bonchev–Trinajstić information content (AvgIpc) is 3.10. The molecule has 0 radical (unpaired) electrons. The fourth-order valence-corrected chi connectivity index (χ4v) is 3.49. The number of likely N-dealkylation sites (tertiary alicyclic amines) is 1. The summed E-state index contributed by atoms with van der Waals surface area (Å²) in [7, 11) is 0. The van der Waals surface area contributed by atoms with Gasteiger partial charge in [0.2, 0.25) is 11.8 Å². The molecule has 3 N–H and O–H groups in total. The second-order valence-electron chi connectivity index (χ2n) is 7.05. The standard InChI is InChI=1S/C22H24FN3O2/c1-15(17-7-9-18(23)10-8-17)12-21(27)25-19-5-2-4-16(13-19)14-26-11-3-6-20(26)22(24)28/h2,4-5,7-10,12-13,20H,3,6,11,14H2,1H3,(H2,24,28)(H,25,27)/b15-12+. The maximum atomic E-state index is 13.0. The Morgan fingerprint density at radius 1 is 1.25 bits per heavy atom. The monoisotopic (exact) mass is 381 g/mol. The Balaban J connectivity index is 1.65. The van der Waals surface area contributed by atoms with Crippen LogP contribution in [0.1, 0.15) is 30.9 Å². The number of primary amides is 1. The SMILES string of the molecule is C/C(=C\C(=O)Nc1cccc(CN2CCCC2C(N)=O)c1)c1ccc(F)cc1. The first kappa shape index (κ1) is 19.8. The van der Waals surface area contributed by atoms with Gasteiger partial charge in [0, 0.05) is 18.3 Å². The van der Waals surface area contributed by atoms with Crippen LogP contribution in [-0.2, 0) is 16.1 Å². The molecular formula is C22H24FN3O2. The van der Waals surface area contributed by atoms with Gasteiger partial charge in [-0.05, 0) is 67.3 Å². The van der Waals surface area contributed by atoms with Crippen LogP contribution in [0.2, 0.25) is 0 Å². The highest BCUT2D eigenvalue weighted by molar-refractivity contribution is 6.03. The number of hydrogen-bond acceptors (Lipinski definition) is 3. The Morgan fingerprint density at radius 3 is 2.71 bits per heavy atom. The first-order chi connectivity index (χ1) is 13.4. The Kier molecular flexibility index (Phi) is 6.21. The van der Waals surface area contributed by atoms with Gasteiger partial charge in [-0.3, -0.25) is 14.5 Å². The van der Waals surface area contributed by atoms with Crippen LogP contribution in [0.15, 0.2) is 54.6 Å². The molecule has 0 aromatic heterocycles. The van der Waals surface area contributed by atoms with Crippen molar-refractivity contribution >= 4 is 23.1 Å². The molecule has 0 bridgehead atoms. The Morgan fingerprint density at radius 2 is 2.00 bits per heavy atom. The number of rotatable bonds is 6. The van der Waals surface area contributed by atoms with Crippen molar-refractivity contribution in [2.24, 2.45) is 5.73 Å². The predicted octanol–water partition coefficient (Wildman–Crippen LogP) is 3.32. The predicted molar refractivity (Wildman–Crippen MR) is 108 cm³/mol. The fourth-order valence-electron chi connectivity index (χ4n) is 3.49. The molecule has 1 fully saturated rings. The van der Waals surface area contributed by atoms with Gasteiger partial charge in [0.05, 0.1) is 6.04 Å². The maximum absolute atomic E-state index is 13.0. The molecule has 3 rings (SSSR count). The normalized spacial score (nSPS) is 17.5. The first-order valence-corrected chi connectivity index (χ1v) is 9.30. The largest absolute Gasteiger partial charge is 0.368 e. The molecule has 1 aliphatic heterocycles. The molecular weight excluding hydrogens is 357 g/mol. The topological polar surface area (TPSA) is 75.4 Å². The van der Waals surface area contributed by atoms with E-state index in [0.717, 1.165) is 36.1 Å². The van der Waals surface area contributed by atoms with Gasteiger partial charge in [-0.2, -0.15) is 0 Å². The number of anilines is 1. The van der Waals surface area contributed by atoms with Gasteiger partial charge in [-0.15, -0.1) is 0 Å². The molecule has 1 heterocycles. The molecule has 6 heteroatoms. The summed E-state index contributed by atoms with van der Waals surface area (Å²) in [6.07, 6.45) is 3.24. The summed E-state index contributed by atoms with van der Waals surface area (Å²) in [6, 6.07) is 13.3. The van der Waals surface area contributed by atoms with Crippen LogP contribution in [-0.4, -0.2) is 29.3 Å². The summed E-state index contributed by atoms with van der Waals surface area (Å²) in [5.74, 6) is -0.854. The summed E-state index contributed by atoms with van der Waals surface area (Å²) >= 11 is 0. The van der Waals surface area contributed by atoms with Crippen molar-refractivity contribution in [3.63, 3.8) is 0 Å². The Hall–Kier alpha value is -2.99. The molecule has 2 aromatic carbocycles. The summed E-state index contributed by atoms with van der Waals surface area (Å²) in [6.45, 7) is 3.26. The van der Waals surface area contributed by atoms with Crippen molar-refractivity contribution in [3.05, 3.63) is 71.6 Å². The van der Waals surface area contributed by atoms with Crippen molar-refractivity contribution in [2.45, 2.75) is 32.4 Å². The molecule has 0 spiro atoms. The van der Waals surface area contributed by atoms with E-state index in [1.807, 2.05) is 24.3 Å². The van der Waals surface area contributed by atoms with Gasteiger partial charge in [-0.1, -0.05) is 24.3 Å². The van der Waals surface area contributed by atoms with Gasteiger partial charge in [0.1, 0.15) is 5.82 Å². The van der Waals surface area contributed by atoms with Crippen LogP contribution in [0.4, 0.5) is 10.1 Å². The van der Waals surface area contributed by atoms with Crippen molar-refractivity contribution < 1.29 is 14.0 Å². The van der Waals surface area contributed by atoms with Gasteiger partial charge >= 0.3 is 0 Å². The van der Waals surface area contributed by atoms with Crippen LogP contribution >= 0.6 is 0 Å². The third-order valence-corrected chi connectivity index (χ3v) is 4.92. The van der Waals surface area contributed by atoms with Crippen LogP contribution < -0.4 is 11.1 Å².